The van der Waals surface area contributed by atoms with Crippen LogP contribution >= 0.6 is 0 Å². The molecule has 14 rings (SSSR count). The normalized spacial score (nSPS) is 13.0. The Hall–Kier alpha value is -9.45. The maximum absolute atomic E-state index is 7.08. The summed E-state index contributed by atoms with van der Waals surface area (Å²) >= 11 is 0. The molecule has 5 nitrogen and oxygen atoms in total. The number of fused-ring (bicyclic) bond motifs is 10. The molecule has 87 heavy (non-hydrogen) atoms. The Morgan fingerprint density at radius 2 is 0.885 bits per heavy atom. The lowest BCUT2D eigenvalue weighted by Crippen LogP contribution is -2.16. The van der Waals surface area contributed by atoms with Crippen LogP contribution in [0.3, 0.4) is 0 Å². The minimum absolute atomic E-state index is 0.0282. The molecule has 0 N–H and O–H groups in total. The van der Waals surface area contributed by atoms with Crippen LogP contribution in [-0.2, 0) is 28.3 Å². The van der Waals surface area contributed by atoms with E-state index in [0.717, 1.165) is 45.1 Å². The maximum Gasteiger partial charge on any atom is 0.137 e. The zero-order valence-electron chi connectivity index (χ0n) is 52.3. The molecule has 0 atom stereocenters. The van der Waals surface area contributed by atoms with Crippen molar-refractivity contribution in [2.75, 3.05) is 4.90 Å². The number of para-hydroxylation sites is 2. The number of benzene rings is 10. The van der Waals surface area contributed by atoms with E-state index in [9.17, 15) is 0 Å². The summed E-state index contributed by atoms with van der Waals surface area (Å²) in [6, 6.07) is 83.4. The van der Waals surface area contributed by atoms with Crippen molar-refractivity contribution in [1.82, 2.24) is 14.1 Å². The van der Waals surface area contributed by atoms with Gasteiger partial charge >= 0.3 is 0 Å². The summed E-state index contributed by atoms with van der Waals surface area (Å²) in [7, 11) is 0. The van der Waals surface area contributed by atoms with E-state index in [-0.39, 0.29) is 21.7 Å². The summed E-state index contributed by atoms with van der Waals surface area (Å²) in [6.45, 7) is 28.4. The first-order valence-electron chi connectivity index (χ1n) is 30.9. The van der Waals surface area contributed by atoms with Gasteiger partial charge in [-0.15, -0.1) is 0 Å². The fraction of sp³-hybridized carbons (Fsp3) is 0.207. The largest absolute Gasteiger partial charge is 0.457 e. The number of hydrogen-bond donors (Lipinski definition) is 0. The number of hydrogen-bond acceptors (Lipinski definition) is 3. The lowest BCUT2D eigenvalue weighted by molar-refractivity contribution is 0.483. The molecule has 430 valence electrons. The first kappa shape index (κ1) is 55.4. The first-order chi connectivity index (χ1) is 41.7. The van der Waals surface area contributed by atoms with Crippen LogP contribution in [0.15, 0.2) is 231 Å². The van der Waals surface area contributed by atoms with Crippen LogP contribution < -0.4 is 9.64 Å². The van der Waals surface area contributed by atoms with E-state index in [0.29, 0.717) is 6.67 Å². The molecular formula is C82H76N4O. The molecule has 0 aliphatic carbocycles. The molecule has 3 aromatic heterocycles. The van der Waals surface area contributed by atoms with Gasteiger partial charge in [0, 0.05) is 51.1 Å². The summed E-state index contributed by atoms with van der Waals surface area (Å²) in [5.74, 6) is 2.37. The van der Waals surface area contributed by atoms with Crippen molar-refractivity contribution in [2.45, 2.75) is 111 Å². The molecule has 0 saturated heterocycles. The van der Waals surface area contributed by atoms with Gasteiger partial charge in [-0.2, -0.15) is 0 Å². The van der Waals surface area contributed by atoms with Crippen LogP contribution in [0.5, 0.6) is 11.5 Å². The number of ether oxygens (including phenoxy) is 1. The maximum atomic E-state index is 7.08. The highest BCUT2D eigenvalue weighted by molar-refractivity contribution is 6.22. The smallest absolute Gasteiger partial charge is 0.137 e. The summed E-state index contributed by atoms with van der Waals surface area (Å²) in [5.41, 5.74) is 18.8. The second-order valence-electron chi connectivity index (χ2n) is 28.1. The van der Waals surface area contributed by atoms with Gasteiger partial charge in [-0.1, -0.05) is 241 Å². The van der Waals surface area contributed by atoms with E-state index in [1.165, 1.54) is 104 Å². The van der Waals surface area contributed by atoms with Gasteiger partial charge in [-0.05, 0) is 148 Å². The van der Waals surface area contributed by atoms with E-state index in [2.05, 4.69) is 322 Å². The van der Waals surface area contributed by atoms with Crippen LogP contribution in [0.4, 0.5) is 11.4 Å². The summed E-state index contributed by atoms with van der Waals surface area (Å²) < 4.78 is 12.0. The molecule has 10 aromatic carbocycles. The second-order valence-corrected chi connectivity index (χ2v) is 28.1. The van der Waals surface area contributed by atoms with Crippen molar-refractivity contribution in [2.24, 2.45) is 0 Å². The van der Waals surface area contributed by atoms with Gasteiger partial charge in [-0.25, -0.2) is 4.98 Å². The van der Waals surface area contributed by atoms with Crippen molar-refractivity contribution in [1.29, 1.82) is 0 Å². The fourth-order valence-corrected chi connectivity index (χ4v) is 13.2. The van der Waals surface area contributed by atoms with Gasteiger partial charge < -0.3 is 14.2 Å². The molecular weight excluding hydrogens is 1060 g/mol. The van der Waals surface area contributed by atoms with Crippen molar-refractivity contribution >= 4 is 76.5 Å². The Kier molecular flexibility index (Phi) is 13.1. The molecule has 4 heterocycles. The zero-order chi connectivity index (χ0) is 60.3. The minimum Gasteiger partial charge on any atom is -0.457 e. The average molecular weight is 1130 g/mol. The lowest BCUT2D eigenvalue weighted by atomic mass is 9.78. The van der Waals surface area contributed by atoms with E-state index in [1.54, 1.807) is 0 Å². The Balaban J connectivity index is 0.962. The summed E-state index contributed by atoms with van der Waals surface area (Å²) in [5, 5.41) is 9.54. The molecule has 1 aliphatic heterocycles. The molecule has 0 bridgehead atoms. The van der Waals surface area contributed by atoms with E-state index >= 15 is 0 Å². The van der Waals surface area contributed by atoms with Crippen molar-refractivity contribution in [3.05, 3.63) is 253 Å². The minimum atomic E-state index is -0.128. The van der Waals surface area contributed by atoms with Crippen LogP contribution in [0.1, 0.15) is 105 Å². The highest BCUT2D eigenvalue weighted by atomic mass is 16.5. The standard InChI is InChI=1S/C82H76N4O/c1-79(2,3)56-40-41-83-75(48-56)86-72-36-22-32-63(52-24-14-13-15-25-52)76(72)71-39-38-62(50-74(71)86)87-61-27-20-26-60(49-61)84-51-85-77-64(55-42-53(43-57(46-55)80(4,5)6)54-44-58(81(7,8)9)47-59(45-54)82(10,11)12)33-21-34-69(77)67-30-18-16-28-65(67)66-29-17-19-31-68(66)70-35-23-37-73(84)78(70)85/h13-50H,51H2,1-12H3. The number of rotatable bonds is 7. The lowest BCUT2D eigenvalue weighted by Gasteiger charge is -2.27. The van der Waals surface area contributed by atoms with Crippen molar-refractivity contribution in [3.63, 3.8) is 0 Å². The van der Waals surface area contributed by atoms with E-state index in [4.69, 9.17) is 9.72 Å². The third kappa shape index (κ3) is 9.88. The topological polar surface area (TPSA) is 35.2 Å². The van der Waals surface area contributed by atoms with Crippen LogP contribution in [0.2, 0.25) is 0 Å². The molecule has 0 saturated carbocycles. The van der Waals surface area contributed by atoms with Gasteiger partial charge in [0.1, 0.15) is 24.0 Å². The molecule has 0 amide bonds. The predicted molar refractivity (Wildman–Crippen MR) is 370 cm³/mol. The quantitative estimate of drug-likeness (QED) is 0.160. The summed E-state index contributed by atoms with van der Waals surface area (Å²) in [6.07, 6.45) is 1.95. The number of pyridine rings is 1. The molecule has 0 spiro atoms. The number of aromatic nitrogens is 3. The van der Waals surface area contributed by atoms with Gasteiger partial charge in [0.25, 0.3) is 0 Å². The molecule has 0 radical (unpaired) electrons. The Bertz CT molecular complexity index is 4940. The zero-order valence-corrected chi connectivity index (χ0v) is 52.3. The number of anilines is 2. The van der Waals surface area contributed by atoms with Gasteiger partial charge in [0.15, 0.2) is 0 Å². The molecule has 5 heteroatoms. The Morgan fingerprint density at radius 3 is 1.54 bits per heavy atom. The Morgan fingerprint density at radius 1 is 0.356 bits per heavy atom. The summed E-state index contributed by atoms with van der Waals surface area (Å²) in [4.78, 5) is 7.53. The van der Waals surface area contributed by atoms with Gasteiger partial charge in [0.2, 0.25) is 0 Å². The van der Waals surface area contributed by atoms with Gasteiger partial charge in [-0.3, -0.25) is 4.57 Å². The Labute approximate surface area is 512 Å². The third-order valence-corrected chi connectivity index (χ3v) is 18.1. The predicted octanol–water partition coefficient (Wildman–Crippen LogP) is 22.8. The van der Waals surface area contributed by atoms with Crippen molar-refractivity contribution < 1.29 is 4.74 Å². The van der Waals surface area contributed by atoms with E-state index in [1.807, 2.05) is 6.20 Å². The van der Waals surface area contributed by atoms with Gasteiger partial charge in [0.05, 0.1) is 27.8 Å². The molecule has 0 unspecified atom stereocenters. The third-order valence-electron chi connectivity index (χ3n) is 18.1. The van der Waals surface area contributed by atoms with Crippen molar-refractivity contribution in [3.8, 4) is 50.7 Å². The fourth-order valence-electron chi connectivity index (χ4n) is 13.2. The molecule has 1 aliphatic rings. The van der Waals surface area contributed by atoms with Crippen LogP contribution in [-0.4, -0.2) is 14.1 Å². The highest BCUT2D eigenvalue weighted by Gasteiger charge is 2.28. The highest BCUT2D eigenvalue weighted by Crippen LogP contribution is 2.47. The average Bonchev–Trinajstić information content (AvgIpc) is 1.62. The van der Waals surface area contributed by atoms with Crippen LogP contribution in [0.25, 0.3) is 104 Å². The SMILES string of the molecule is CC(C)(C)c1cc(-c2cc(C(C)(C)C)cc(C(C)(C)C)c2)cc(-c2cccc3c4ccccc4c4ccccc4c4cccc5c4n(c23)CN5c2cccc(Oc3ccc4c5c(-c6ccccc6)cccc5n(-c5cc(C(C)(C)C)ccn5)c4c3)c2)c1. The monoisotopic (exact) mass is 1130 g/mol. The molecule has 0 fully saturated rings. The first-order valence-corrected chi connectivity index (χ1v) is 30.9. The van der Waals surface area contributed by atoms with E-state index < -0.39 is 0 Å². The number of nitrogens with zero attached hydrogens (tertiary/aromatic N) is 4. The molecule has 13 aromatic rings. The van der Waals surface area contributed by atoms with Crippen LogP contribution in [0, 0.1) is 0 Å². The second kappa shape index (κ2) is 20.6.